The van der Waals surface area contributed by atoms with E-state index in [2.05, 4.69) is 10.2 Å². The lowest BCUT2D eigenvalue weighted by Gasteiger charge is -2.01. The number of alkyl halides is 3. The van der Waals surface area contributed by atoms with Crippen LogP contribution in [0.1, 0.15) is 35.7 Å². The molecule has 1 fully saturated rings. The van der Waals surface area contributed by atoms with E-state index in [1.54, 1.807) is 6.07 Å². The van der Waals surface area contributed by atoms with E-state index in [9.17, 15) is 13.2 Å². The molecule has 1 saturated carbocycles. The number of H-pyrrole nitrogens is 1. The molecule has 1 heterocycles. The minimum atomic E-state index is -4.55. The van der Waals surface area contributed by atoms with E-state index in [4.69, 9.17) is 5.26 Å². The highest BCUT2D eigenvalue weighted by atomic mass is 19.4. The average Bonchev–Trinajstić information content (AvgIpc) is 2.82. The number of halogens is 3. The normalized spacial score (nSPS) is 16.7. The summed E-state index contributed by atoms with van der Waals surface area (Å²) >= 11 is 0. The van der Waals surface area contributed by atoms with Gasteiger partial charge in [0, 0.05) is 5.92 Å². The lowest BCUT2D eigenvalue weighted by molar-refractivity contribution is -0.141. The maximum atomic E-state index is 12.3. The lowest BCUT2D eigenvalue weighted by atomic mass is 10.1. The zero-order valence-corrected chi connectivity index (χ0v) is 7.02. The smallest absolute Gasteiger partial charge is 0.280 e. The monoisotopic (exact) mass is 201 g/mol. The van der Waals surface area contributed by atoms with Crippen molar-refractivity contribution in [2.45, 2.75) is 24.9 Å². The summed E-state index contributed by atoms with van der Waals surface area (Å²) in [7, 11) is 0. The Balaban J connectivity index is 2.47. The van der Waals surface area contributed by atoms with Crippen molar-refractivity contribution >= 4 is 0 Å². The first-order valence-electron chi connectivity index (χ1n) is 4.09. The van der Waals surface area contributed by atoms with Gasteiger partial charge in [-0.1, -0.05) is 0 Å². The molecule has 1 aromatic heterocycles. The Morgan fingerprint density at radius 2 is 2.07 bits per heavy atom. The summed E-state index contributed by atoms with van der Waals surface area (Å²) in [6.07, 6.45) is -2.89. The van der Waals surface area contributed by atoms with Crippen molar-refractivity contribution < 1.29 is 13.2 Å². The Hall–Kier alpha value is -1.51. The molecule has 0 spiro atoms. The molecule has 74 valence electrons. The summed E-state index contributed by atoms with van der Waals surface area (Å²) in [5.74, 6) is 0.0632. The van der Waals surface area contributed by atoms with E-state index in [0.29, 0.717) is 5.69 Å². The first-order chi connectivity index (χ1) is 6.54. The van der Waals surface area contributed by atoms with Gasteiger partial charge in [0.15, 0.2) is 5.69 Å². The molecule has 0 radical (unpaired) electrons. The Kier molecular flexibility index (Phi) is 1.77. The van der Waals surface area contributed by atoms with Gasteiger partial charge < -0.3 is 0 Å². The number of nitriles is 1. The highest BCUT2D eigenvalue weighted by Gasteiger charge is 2.40. The molecule has 1 aromatic rings. The Morgan fingerprint density at radius 3 is 2.50 bits per heavy atom. The number of aromatic nitrogens is 2. The van der Waals surface area contributed by atoms with Gasteiger partial charge in [0.05, 0.1) is 5.69 Å². The number of nitrogens with one attached hydrogen (secondary N) is 1. The lowest BCUT2D eigenvalue weighted by Crippen LogP contribution is -2.07. The van der Waals surface area contributed by atoms with Crippen LogP contribution < -0.4 is 0 Å². The van der Waals surface area contributed by atoms with Gasteiger partial charge in [0.2, 0.25) is 0 Å². The van der Waals surface area contributed by atoms with Crippen molar-refractivity contribution in [3.63, 3.8) is 0 Å². The summed E-state index contributed by atoms with van der Waals surface area (Å²) in [5, 5.41) is 14.1. The summed E-state index contributed by atoms with van der Waals surface area (Å²) in [5.41, 5.74) is -1.11. The van der Waals surface area contributed by atoms with Crippen molar-refractivity contribution in [1.82, 2.24) is 10.2 Å². The van der Waals surface area contributed by atoms with Crippen LogP contribution in [0.15, 0.2) is 0 Å². The van der Waals surface area contributed by atoms with Crippen molar-refractivity contribution in [2.24, 2.45) is 0 Å². The third-order valence-electron chi connectivity index (χ3n) is 2.16. The number of hydrogen-bond donors (Lipinski definition) is 1. The fraction of sp³-hybridized carbons (Fsp3) is 0.500. The number of nitrogens with zero attached hydrogens (tertiary/aromatic N) is 2. The average molecular weight is 201 g/mol. The maximum absolute atomic E-state index is 12.3. The van der Waals surface area contributed by atoms with Gasteiger partial charge in [-0.3, -0.25) is 5.10 Å². The molecule has 6 heteroatoms. The second-order valence-electron chi connectivity index (χ2n) is 3.24. The molecule has 0 unspecified atom stereocenters. The zero-order chi connectivity index (χ0) is 10.3. The Morgan fingerprint density at radius 1 is 1.43 bits per heavy atom. The van der Waals surface area contributed by atoms with Gasteiger partial charge in [-0.25, -0.2) is 0 Å². The molecule has 0 atom stereocenters. The molecular weight excluding hydrogens is 195 g/mol. The second-order valence-corrected chi connectivity index (χ2v) is 3.24. The van der Waals surface area contributed by atoms with Crippen LogP contribution in [0.4, 0.5) is 13.2 Å². The zero-order valence-electron chi connectivity index (χ0n) is 7.02. The van der Waals surface area contributed by atoms with Gasteiger partial charge in [-0.05, 0) is 12.8 Å². The molecule has 3 nitrogen and oxygen atoms in total. The van der Waals surface area contributed by atoms with Crippen molar-refractivity contribution in [3.8, 4) is 6.07 Å². The second kappa shape index (κ2) is 2.74. The quantitative estimate of drug-likeness (QED) is 0.756. The third kappa shape index (κ3) is 1.35. The molecule has 1 aliphatic carbocycles. The predicted molar refractivity (Wildman–Crippen MR) is 40.3 cm³/mol. The van der Waals surface area contributed by atoms with Gasteiger partial charge >= 0.3 is 6.18 Å². The van der Waals surface area contributed by atoms with Crippen LogP contribution in [0.25, 0.3) is 0 Å². The SMILES string of the molecule is N#Cc1c(C(F)(F)F)n[nH]c1C1CC1. The summed E-state index contributed by atoms with van der Waals surface area (Å²) in [4.78, 5) is 0. The first-order valence-corrected chi connectivity index (χ1v) is 4.09. The van der Waals surface area contributed by atoms with Crippen LogP contribution in [-0.4, -0.2) is 10.2 Å². The number of aromatic amines is 1. The van der Waals surface area contributed by atoms with Crippen LogP contribution in [-0.2, 0) is 6.18 Å². The standard InChI is InChI=1S/C8H6F3N3/c9-8(10,11)7-5(3-12)6(13-14-7)4-1-2-4/h4H,1-2H2,(H,13,14). The summed E-state index contributed by atoms with van der Waals surface area (Å²) in [6, 6.07) is 1.56. The van der Waals surface area contributed by atoms with Gasteiger partial charge in [-0.2, -0.15) is 23.5 Å². The molecule has 1 aliphatic rings. The minimum Gasteiger partial charge on any atom is -0.280 e. The van der Waals surface area contributed by atoms with E-state index in [0.717, 1.165) is 12.8 Å². The van der Waals surface area contributed by atoms with Crippen molar-refractivity contribution in [3.05, 3.63) is 17.0 Å². The summed E-state index contributed by atoms with van der Waals surface area (Å²) < 4.78 is 36.9. The Bertz CT molecular complexity index is 395. The molecule has 0 aromatic carbocycles. The van der Waals surface area contributed by atoms with Gasteiger partial charge in [0.1, 0.15) is 11.6 Å². The van der Waals surface area contributed by atoms with Crippen molar-refractivity contribution in [1.29, 1.82) is 5.26 Å². The fourth-order valence-electron chi connectivity index (χ4n) is 1.34. The highest BCUT2D eigenvalue weighted by Crippen LogP contribution is 2.43. The van der Waals surface area contributed by atoms with E-state index in [1.165, 1.54) is 0 Å². The first kappa shape index (κ1) is 9.06. The van der Waals surface area contributed by atoms with Crippen LogP contribution in [0.5, 0.6) is 0 Å². The molecule has 14 heavy (non-hydrogen) atoms. The van der Waals surface area contributed by atoms with Gasteiger partial charge in [-0.15, -0.1) is 0 Å². The molecule has 1 N–H and O–H groups in total. The largest absolute Gasteiger partial charge is 0.436 e. The highest BCUT2D eigenvalue weighted by molar-refractivity contribution is 5.42. The van der Waals surface area contributed by atoms with Crippen LogP contribution in [0.2, 0.25) is 0 Å². The van der Waals surface area contributed by atoms with Crippen LogP contribution in [0, 0.1) is 11.3 Å². The topological polar surface area (TPSA) is 52.5 Å². The van der Waals surface area contributed by atoms with E-state index in [-0.39, 0.29) is 11.5 Å². The number of hydrogen-bond acceptors (Lipinski definition) is 2. The van der Waals surface area contributed by atoms with Crippen LogP contribution >= 0.6 is 0 Å². The van der Waals surface area contributed by atoms with E-state index in [1.807, 2.05) is 0 Å². The predicted octanol–water partition coefficient (Wildman–Crippen LogP) is 2.18. The fourth-order valence-corrected chi connectivity index (χ4v) is 1.34. The maximum Gasteiger partial charge on any atom is 0.436 e. The molecule has 0 amide bonds. The Labute approximate surface area is 77.5 Å². The molecular formula is C8H6F3N3. The van der Waals surface area contributed by atoms with E-state index >= 15 is 0 Å². The minimum absolute atomic E-state index is 0.0632. The molecule has 0 bridgehead atoms. The van der Waals surface area contributed by atoms with Gasteiger partial charge in [0.25, 0.3) is 0 Å². The molecule has 0 saturated heterocycles. The third-order valence-corrected chi connectivity index (χ3v) is 2.16. The number of rotatable bonds is 1. The summed E-state index contributed by atoms with van der Waals surface area (Å²) in [6.45, 7) is 0. The van der Waals surface area contributed by atoms with Crippen molar-refractivity contribution in [2.75, 3.05) is 0 Å². The van der Waals surface area contributed by atoms with Crippen LogP contribution in [0.3, 0.4) is 0 Å². The van der Waals surface area contributed by atoms with E-state index < -0.39 is 11.9 Å². The molecule has 2 rings (SSSR count). The molecule has 0 aliphatic heterocycles.